The summed E-state index contributed by atoms with van der Waals surface area (Å²) >= 11 is 0. The molecule has 2 bridgehead atoms. The van der Waals surface area contributed by atoms with Gasteiger partial charge >= 0.3 is 5.97 Å². The second kappa shape index (κ2) is 4.80. The summed E-state index contributed by atoms with van der Waals surface area (Å²) in [5.74, 6) is -2.66. The van der Waals surface area contributed by atoms with Crippen LogP contribution in [0.25, 0.3) is 0 Å². The van der Waals surface area contributed by atoms with E-state index in [1.807, 2.05) is 36.4 Å². The average Bonchev–Trinajstić information content (AvgIpc) is 3.18. The molecule has 3 heterocycles. The van der Waals surface area contributed by atoms with Crippen LogP contribution in [0.15, 0.2) is 55.1 Å². The monoisotopic (exact) mass is 311 g/mol. The Hall–Kier alpha value is -2.40. The number of aliphatic carboxylic acids is 1. The fourth-order valence-corrected chi connectivity index (χ4v) is 4.27. The van der Waals surface area contributed by atoms with Crippen molar-refractivity contribution in [3.05, 3.63) is 55.1 Å². The van der Waals surface area contributed by atoms with Gasteiger partial charge in [0.15, 0.2) is 0 Å². The first kappa shape index (κ1) is 14.2. The molecular formula is C18H17NO4. The van der Waals surface area contributed by atoms with Gasteiger partial charge in [-0.1, -0.05) is 36.4 Å². The third-order valence-corrected chi connectivity index (χ3v) is 5.13. The van der Waals surface area contributed by atoms with Gasteiger partial charge in [0.2, 0.25) is 5.91 Å². The number of ether oxygens (including phenoxy) is 1. The van der Waals surface area contributed by atoms with Crippen molar-refractivity contribution in [2.24, 2.45) is 11.8 Å². The molecule has 5 atom stereocenters. The van der Waals surface area contributed by atoms with E-state index < -0.39 is 29.5 Å². The minimum atomic E-state index is -0.980. The fraction of sp³-hybridized carbons (Fsp3) is 0.333. The van der Waals surface area contributed by atoms with Crippen molar-refractivity contribution in [1.82, 2.24) is 0 Å². The molecule has 0 saturated carbocycles. The Morgan fingerprint density at radius 1 is 1.39 bits per heavy atom. The Morgan fingerprint density at radius 2 is 2.13 bits per heavy atom. The van der Waals surface area contributed by atoms with E-state index in [0.29, 0.717) is 6.42 Å². The van der Waals surface area contributed by atoms with Crippen molar-refractivity contribution in [2.75, 3.05) is 4.90 Å². The van der Waals surface area contributed by atoms with Crippen LogP contribution in [0.1, 0.15) is 6.42 Å². The van der Waals surface area contributed by atoms with Crippen molar-refractivity contribution in [3.8, 4) is 0 Å². The molecule has 4 rings (SSSR count). The predicted octanol–water partition coefficient (Wildman–Crippen LogP) is 2.00. The Bertz CT molecular complexity index is 713. The standard InChI is InChI=1S/C18H17NO4/c1-2-6-13-18-10-9-12(23-18)14(17(21)22)15(18)16(20)19(13)11-7-4-3-5-8-11/h2-5,7-10,12-15H,1,6H2,(H,21,22)/t12-,13+,14+,15-,18+/m0/s1. The summed E-state index contributed by atoms with van der Waals surface area (Å²) in [5.41, 5.74) is -0.104. The van der Waals surface area contributed by atoms with Crippen molar-refractivity contribution >= 4 is 17.6 Å². The third-order valence-electron chi connectivity index (χ3n) is 5.13. The number of fused-ring (bicyclic) bond motifs is 1. The van der Waals surface area contributed by atoms with E-state index in [1.54, 1.807) is 17.1 Å². The van der Waals surface area contributed by atoms with Crippen molar-refractivity contribution in [3.63, 3.8) is 0 Å². The van der Waals surface area contributed by atoms with Crippen LogP contribution in [0, 0.1) is 11.8 Å². The topological polar surface area (TPSA) is 66.8 Å². The zero-order chi connectivity index (χ0) is 16.2. The lowest BCUT2D eigenvalue weighted by Gasteiger charge is -2.32. The number of amides is 1. The first-order chi connectivity index (χ1) is 11.1. The number of anilines is 1. The largest absolute Gasteiger partial charge is 0.481 e. The summed E-state index contributed by atoms with van der Waals surface area (Å²) in [6.45, 7) is 3.79. The van der Waals surface area contributed by atoms with Crippen molar-refractivity contribution < 1.29 is 19.4 Å². The lowest BCUT2D eigenvalue weighted by atomic mass is 9.74. The molecule has 0 aliphatic carbocycles. The average molecular weight is 311 g/mol. The summed E-state index contributed by atoms with van der Waals surface area (Å²) in [7, 11) is 0. The molecule has 118 valence electrons. The quantitative estimate of drug-likeness (QED) is 0.864. The highest BCUT2D eigenvalue weighted by atomic mass is 16.5. The van der Waals surface area contributed by atoms with Crippen LogP contribution >= 0.6 is 0 Å². The van der Waals surface area contributed by atoms with Crippen LogP contribution in [0.4, 0.5) is 5.69 Å². The second-order valence-electron chi connectivity index (χ2n) is 6.22. The Morgan fingerprint density at radius 3 is 2.78 bits per heavy atom. The zero-order valence-electron chi connectivity index (χ0n) is 12.5. The lowest BCUT2D eigenvalue weighted by molar-refractivity contribution is -0.146. The summed E-state index contributed by atoms with van der Waals surface area (Å²) in [6.07, 6.45) is 5.44. The molecule has 0 unspecified atom stereocenters. The van der Waals surface area contributed by atoms with E-state index in [4.69, 9.17) is 4.74 Å². The summed E-state index contributed by atoms with van der Waals surface area (Å²) in [6, 6.07) is 9.05. The van der Waals surface area contributed by atoms with Crippen LogP contribution in [0.2, 0.25) is 0 Å². The molecule has 0 radical (unpaired) electrons. The van der Waals surface area contributed by atoms with Gasteiger partial charge in [0, 0.05) is 5.69 Å². The fourth-order valence-electron chi connectivity index (χ4n) is 4.27. The Kier molecular flexibility index (Phi) is 2.96. The maximum Gasteiger partial charge on any atom is 0.310 e. The third kappa shape index (κ3) is 1.71. The van der Waals surface area contributed by atoms with E-state index in [1.165, 1.54) is 0 Å². The Balaban J connectivity index is 1.85. The number of nitrogens with zero attached hydrogens (tertiary/aromatic N) is 1. The highest BCUT2D eigenvalue weighted by Crippen LogP contribution is 2.56. The van der Waals surface area contributed by atoms with Gasteiger partial charge in [-0.05, 0) is 18.6 Å². The van der Waals surface area contributed by atoms with Crippen LogP contribution in [-0.2, 0) is 14.3 Å². The first-order valence-corrected chi connectivity index (χ1v) is 7.69. The van der Waals surface area contributed by atoms with Gasteiger partial charge in [0.1, 0.15) is 11.5 Å². The summed E-state index contributed by atoms with van der Waals surface area (Å²) < 4.78 is 6.04. The minimum absolute atomic E-state index is 0.178. The number of carbonyl (C=O) groups excluding carboxylic acids is 1. The van der Waals surface area contributed by atoms with E-state index in [-0.39, 0.29) is 11.9 Å². The predicted molar refractivity (Wildman–Crippen MR) is 83.9 cm³/mol. The zero-order valence-corrected chi connectivity index (χ0v) is 12.5. The molecular weight excluding hydrogens is 294 g/mol. The number of benzene rings is 1. The van der Waals surface area contributed by atoms with Crippen LogP contribution in [0.5, 0.6) is 0 Å². The summed E-state index contributed by atoms with van der Waals surface area (Å²) in [4.78, 5) is 26.5. The van der Waals surface area contributed by atoms with Crippen molar-refractivity contribution in [1.29, 1.82) is 0 Å². The van der Waals surface area contributed by atoms with Crippen LogP contribution < -0.4 is 4.90 Å². The minimum Gasteiger partial charge on any atom is -0.481 e. The lowest BCUT2D eigenvalue weighted by Crippen LogP contribution is -2.45. The van der Waals surface area contributed by atoms with E-state index in [0.717, 1.165) is 5.69 Å². The van der Waals surface area contributed by atoms with Gasteiger partial charge in [-0.3, -0.25) is 9.59 Å². The smallest absolute Gasteiger partial charge is 0.310 e. The number of carboxylic acids is 1. The van der Waals surface area contributed by atoms with Gasteiger partial charge in [0.25, 0.3) is 0 Å². The number of hydrogen-bond donors (Lipinski definition) is 1. The molecule has 0 aromatic heterocycles. The van der Waals surface area contributed by atoms with Gasteiger partial charge < -0.3 is 14.7 Å². The van der Waals surface area contributed by atoms with Gasteiger partial charge in [-0.2, -0.15) is 0 Å². The molecule has 1 spiro atoms. The van der Waals surface area contributed by atoms with E-state index >= 15 is 0 Å². The molecule has 1 aromatic carbocycles. The molecule has 1 N–H and O–H groups in total. The number of para-hydroxylation sites is 1. The number of carboxylic acid groups (broad SMARTS) is 1. The molecule has 3 aliphatic rings. The SMILES string of the molecule is C=CC[C@H]1N(c2ccccc2)C(=O)[C@@H]2[C@H](C(=O)O)[C@@H]3C=C[C@]21O3. The maximum absolute atomic E-state index is 13.1. The highest BCUT2D eigenvalue weighted by Gasteiger charge is 2.71. The maximum atomic E-state index is 13.1. The molecule has 2 saturated heterocycles. The van der Waals surface area contributed by atoms with Crippen molar-refractivity contribution in [2.45, 2.75) is 24.2 Å². The van der Waals surface area contributed by atoms with Gasteiger partial charge in [-0.15, -0.1) is 6.58 Å². The van der Waals surface area contributed by atoms with Crippen LogP contribution in [0.3, 0.4) is 0 Å². The number of hydrogen-bond acceptors (Lipinski definition) is 3. The molecule has 2 fully saturated rings. The number of carbonyl (C=O) groups is 2. The normalized spacial score (nSPS) is 37.2. The number of rotatable bonds is 4. The molecule has 5 heteroatoms. The Labute approximate surface area is 133 Å². The van der Waals surface area contributed by atoms with Gasteiger partial charge in [0.05, 0.1) is 18.1 Å². The second-order valence-corrected chi connectivity index (χ2v) is 6.22. The molecule has 23 heavy (non-hydrogen) atoms. The molecule has 3 aliphatic heterocycles. The van der Waals surface area contributed by atoms with E-state index in [9.17, 15) is 14.7 Å². The van der Waals surface area contributed by atoms with Gasteiger partial charge in [-0.25, -0.2) is 0 Å². The van der Waals surface area contributed by atoms with Crippen LogP contribution in [-0.4, -0.2) is 34.7 Å². The first-order valence-electron chi connectivity index (χ1n) is 7.69. The molecule has 1 aromatic rings. The summed E-state index contributed by atoms with van der Waals surface area (Å²) in [5, 5.41) is 9.57. The molecule has 5 nitrogen and oxygen atoms in total. The highest BCUT2D eigenvalue weighted by molar-refractivity contribution is 6.03. The van der Waals surface area contributed by atoms with E-state index in [2.05, 4.69) is 6.58 Å². The molecule has 1 amide bonds.